The lowest BCUT2D eigenvalue weighted by Gasteiger charge is -2.18. The molecule has 0 heteroatoms. The minimum Gasteiger partial charge on any atom is -0.0683 e. The van der Waals surface area contributed by atoms with Crippen molar-refractivity contribution in [3.8, 4) is 11.1 Å². The molecule has 0 aliphatic heterocycles. The highest BCUT2D eigenvalue weighted by molar-refractivity contribution is 5.83. The molecule has 0 fully saturated rings. The smallest absolute Gasteiger partial charge is 0.00604 e. The molecule has 0 nitrogen and oxygen atoms in total. The number of hydrogen-bond acceptors (Lipinski definition) is 0. The van der Waals surface area contributed by atoms with E-state index in [1.807, 2.05) is 0 Å². The van der Waals surface area contributed by atoms with Crippen LogP contribution in [-0.4, -0.2) is 0 Å². The Kier molecular flexibility index (Phi) is 4.19. The van der Waals surface area contributed by atoms with Crippen molar-refractivity contribution in [2.75, 3.05) is 0 Å². The Hall–Kier alpha value is -1.82. The SMILES string of the molecule is CC1=Cc2c(ccc(C)c2-c2cc(C(C)C)cc(C(C)C)c2)C1. The number of aryl methyl sites for hydroxylation is 1. The van der Waals surface area contributed by atoms with Crippen LogP contribution in [0.5, 0.6) is 0 Å². The summed E-state index contributed by atoms with van der Waals surface area (Å²) in [6, 6.07) is 11.8. The summed E-state index contributed by atoms with van der Waals surface area (Å²) in [5.74, 6) is 1.11. The molecule has 0 atom stereocenters. The van der Waals surface area contributed by atoms with Crippen LogP contribution in [0.1, 0.15) is 74.3 Å². The Balaban J connectivity index is 2.26. The second kappa shape index (κ2) is 6.00. The molecule has 1 aliphatic carbocycles. The van der Waals surface area contributed by atoms with Crippen molar-refractivity contribution in [3.05, 3.63) is 63.7 Å². The number of allylic oxidation sites excluding steroid dienone is 1. The first-order chi connectivity index (χ1) is 10.9. The Bertz CT molecular complexity index is 747. The molecule has 0 bridgehead atoms. The van der Waals surface area contributed by atoms with Crippen molar-refractivity contribution in [1.29, 1.82) is 0 Å². The zero-order chi connectivity index (χ0) is 16.7. The molecular weight excluding hydrogens is 276 g/mol. The second-order valence-electron chi connectivity index (χ2n) is 7.70. The van der Waals surface area contributed by atoms with Crippen LogP contribution in [0.25, 0.3) is 17.2 Å². The van der Waals surface area contributed by atoms with Gasteiger partial charge >= 0.3 is 0 Å². The molecule has 3 rings (SSSR count). The van der Waals surface area contributed by atoms with E-state index in [4.69, 9.17) is 0 Å². The van der Waals surface area contributed by atoms with E-state index in [-0.39, 0.29) is 0 Å². The number of rotatable bonds is 3. The third-order valence-electron chi connectivity index (χ3n) is 5.00. The second-order valence-corrected chi connectivity index (χ2v) is 7.70. The Morgan fingerprint density at radius 1 is 0.826 bits per heavy atom. The molecular formula is C23H28. The zero-order valence-electron chi connectivity index (χ0n) is 15.3. The normalized spacial score (nSPS) is 13.7. The van der Waals surface area contributed by atoms with Gasteiger partial charge in [-0.1, -0.05) is 69.7 Å². The summed E-state index contributed by atoms with van der Waals surface area (Å²) in [5, 5.41) is 0. The highest BCUT2D eigenvalue weighted by Gasteiger charge is 2.18. The minimum absolute atomic E-state index is 0.557. The van der Waals surface area contributed by atoms with Gasteiger partial charge in [0.2, 0.25) is 0 Å². The molecule has 0 unspecified atom stereocenters. The molecule has 0 spiro atoms. The third-order valence-corrected chi connectivity index (χ3v) is 5.00. The number of fused-ring (bicyclic) bond motifs is 1. The summed E-state index contributed by atoms with van der Waals surface area (Å²) in [7, 11) is 0. The van der Waals surface area contributed by atoms with Crippen molar-refractivity contribution in [1.82, 2.24) is 0 Å². The third kappa shape index (κ3) is 3.00. The van der Waals surface area contributed by atoms with Gasteiger partial charge in [0.1, 0.15) is 0 Å². The van der Waals surface area contributed by atoms with Crippen molar-refractivity contribution in [2.45, 2.75) is 59.8 Å². The average Bonchev–Trinajstić information content (AvgIpc) is 2.86. The van der Waals surface area contributed by atoms with Gasteiger partial charge in [-0.3, -0.25) is 0 Å². The van der Waals surface area contributed by atoms with Gasteiger partial charge < -0.3 is 0 Å². The van der Waals surface area contributed by atoms with Crippen LogP contribution >= 0.6 is 0 Å². The zero-order valence-corrected chi connectivity index (χ0v) is 15.3. The first-order valence-corrected chi connectivity index (χ1v) is 8.81. The Labute approximate surface area is 141 Å². The van der Waals surface area contributed by atoms with Gasteiger partial charge in [0.05, 0.1) is 0 Å². The fourth-order valence-electron chi connectivity index (χ4n) is 3.56. The van der Waals surface area contributed by atoms with Gasteiger partial charge in [-0.2, -0.15) is 0 Å². The molecule has 0 heterocycles. The maximum atomic E-state index is 2.40. The van der Waals surface area contributed by atoms with E-state index in [1.54, 1.807) is 0 Å². The van der Waals surface area contributed by atoms with Crippen molar-refractivity contribution in [2.24, 2.45) is 0 Å². The molecule has 0 radical (unpaired) electrons. The van der Waals surface area contributed by atoms with Crippen LogP contribution in [0.15, 0.2) is 35.9 Å². The van der Waals surface area contributed by atoms with Crippen LogP contribution < -0.4 is 0 Å². The first-order valence-electron chi connectivity index (χ1n) is 8.81. The predicted octanol–water partition coefficient (Wildman–Crippen LogP) is 6.87. The van der Waals surface area contributed by atoms with Crippen LogP contribution in [-0.2, 0) is 6.42 Å². The van der Waals surface area contributed by atoms with Crippen LogP contribution in [0, 0.1) is 6.92 Å². The summed E-state index contributed by atoms with van der Waals surface area (Å²) in [4.78, 5) is 0. The van der Waals surface area contributed by atoms with E-state index in [2.05, 4.69) is 78.0 Å². The largest absolute Gasteiger partial charge is 0.0683 e. The van der Waals surface area contributed by atoms with E-state index in [9.17, 15) is 0 Å². The first kappa shape index (κ1) is 16.1. The quantitative estimate of drug-likeness (QED) is 0.580. The van der Waals surface area contributed by atoms with Gasteiger partial charge in [0.25, 0.3) is 0 Å². The minimum atomic E-state index is 0.557. The topological polar surface area (TPSA) is 0 Å². The van der Waals surface area contributed by atoms with E-state index in [0.717, 1.165) is 6.42 Å². The van der Waals surface area contributed by atoms with Gasteiger partial charge in [-0.15, -0.1) is 0 Å². The lowest BCUT2D eigenvalue weighted by Crippen LogP contribution is -1.97. The summed E-state index contributed by atoms with van der Waals surface area (Å²) >= 11 is 0. The van der Waals surface area contributed by atoms with E-state index in [1.165, 1.54) is 44.5 Å². The predicted molar refractivity (Wildman–Crippen MR) is 102 cm³/mol. The highest BCUT2D eigenvalue weighted by atomic mass is 14.2. The summed E-state index contributed by atoms with van der Waals surface area (Å²) < 4.78 is 0. The molecule has 120 valence electrons. The van der Waals surface area contributed by atoms with Gasteiger partial charge in [0.15, 0.2) is 0 Å². The summed E-state index contributed by atoms with van der Waals surface area (Å²) in [5.41, 5.74) is 11.5. The maximum absolute atomic E-state index is 2.40. The average molecular weight is 304 g/mol. The Morgan fingerprint density at radius 2 is 1.43 bits per heavy atom. The highest BCUT2D eigenvalue weighted by Crippen LogP contribution is 2.38. The van der Waals surface area contributed by atoms with Crippen molar-refractivity contribution < 1.29 is 0 Å². The van der Waals surface area contributed by atoms with E-state index < -0.39 is 0 Å². The number of benzene rings is 2. The maximum Gasteiger partial charge on any atom is -0.00604 e. The van der Waals surface area contributed by atoms with Gasteiger partial charge in [0, 0.05) is 0 Å². The molecule has 0 N–H and O–H groups in total. The standard InChI is InChI=1S/C23H28/c1-14(2)19-11-20(15(3)4)13-21(12-19)23-17(6)7-8-18-9-16(5)10-22(18)23/h7-8,10-15H,9H2,1-6H3. The fraction of sp³-hybridized carbons (Fsp3) is 0.391. The monoisotopic (exact) mass is 304 g/mol. The van der Waals surface area contributed by atoms with Gasteiger partial charge in [-0.25, -0.2) is 0 Å². The van der Waals surface area contributed by atoms with Crippen LogP contribution in [0.3, 0.4) is 0 Å². The molecule has 0 amide bonds. The Morgan fingerprint density at radius 3 is 2.00 bits per heavy atom. The number of hydrogen-bond donors (Lipinski definition) is 0. The lowest BCUT2D eigenvalue weighted by atomic mass is 9.87. The van der Waals surface area contributed by atoms with Crippen LogP contribution in [0.2, 0.25) is 0 Å². The molecule has 0 saturated carbocycles. The van der Waals surface area contributed by atoms with E-state index in [0.29, 0.717) is 11.8 Å². The molecule has 2 aromatic rings. The van der Waals surface area contributed by atoms with E-state index >= 15 is 0 Å². The van der Waals surface area contributed by atoms with Crippen LogP contribution in [0.4, 0.5) is 0 Å². The molecule has 23 heavy (non-hydrogen) atoms. The summed E-state index contributed by atoms with van der Waals surface area (Å²) in [6.45, 7) is 13.6. The molecule has 0 saturated heterocycles. The fourth-order valence-corrected chi connectivity index (χ4v) is 3.56. The summed E-state index contributed by atoms with van der Waals surface area (Å²) in [6.07, 6.45) is 3.48. The molecule has 2 aromatic carbocycles. The van der Waals surface area contributed by atoms with Gasteiger partial charge in [-0.05, 0) is 71.0 Å². The molecule has 0 aromatic heterocycles. The lowest BCUT2D eigenvalue weighted by molar-refractivity contribution is 0.834. The van der Waals surface area contributed by atoms with Crippen molar-refractivity contribution >= 4 is 6.08 Å². The van der Waals surface area contributed by atoms with Crippen molar-refractivity contribution in [3.63, 3.8) is 0 Å². The molecule has 1 aliphatic rings.